The maximum absolute atomic E-state index is 6.28. The van der Waals surface area contributed by atoms with Gasteiger partial charge < -0.3 is 9.32 Å². The molecule has 9 aromatic rings. The van der Waals surface area contributed by atoms with Crippen LogP contribution in [0.1, 0.15) is 22.3 Å². The van der Waals surface area contributed by atoms with E-state index in [1.54, 1.807) is 0 Å². The molecule has 226 valence electrons. The first-order valence-electron chi connectivity index (χ1n) is 17.0. The summed E-state index contributed by atoms with van der Waals surface area (Å²) in [7, 11) is 0. The standard InChI is InChI=1S/C47H27NO/c1-2-12-31-28(10-1)11-7-20-42(31)48(29-23-25-44-39(26-29)34-14-4-6-21-43(34)49-44)30-22-24-33-36-16-9-18-38-37-17-8-15-35-32-13-3-5-19-40(32)47(45(35)37,46(36)38)41(33)27-30/h1-27H. The van der Waals surface area contributed by atoms with Gasteiger partial charge in [0, 0.05) is 27.5 Å². The Morgan fingerprint density at radius 3 is 1.80 bits per heavy atom. The van der Waals surface area contributed by atoms with E-state index in [9.17, 15) is 0 Å². The Hall–Kier alpha value is -6.38. The lowest BCUT2D eigenvalue weighted by Gasteiger charge is -2.31. The smallest absolute Gasteiger partial charge is 0.135 e. The number of nitrogens with zero attached hydrogens (tertiary/aromatic N) is 1. The molecule has 0 bridgehead atoms. The molecule has 2 nitrogen and oxygen atoms in total. The number of para-hydroxylation sites is 1. The van der Waals surface area contributed by atoms with Crippen LogP contribution >= 0.6 is 0 Å². The molecular weight excluding hydrogens is 595 g/mol. The number of hydrogen-bond acceptors (Lipinski definition) is 2. The van der Waals surface area contributed by atoms with Crippen LogP contribution in [0.3, 0.4) is 0 Å². The maximum atomic E-state index is 6.28. The van der Waals surface area contributed by atoms with Crippen molar-refractivity contribution in [1.29, 1.82) is 0 Å². The highest BCUT2D eigenvalue weighted by Crippen LogP contribution is 2.70. The van der Waals surface area contributed by atoms with Crippen molar-refractivity contribution in [3.8, 4) is 33.4 Å². The molecule has 0 saturated carbocycles. The van der Waals surface area contributed by atoms with Gasteiger partial charge in [0.25, 0.3) is 0 Å². The van der Waals surface area contributed by atoms with Crippen molar-refractivity contribution in [2.45, 2.75) is 5.41 Å². The molecule has 2 heteroatoms. The summed E-state index contributed by atoms with van der Waals surface area (Å²) in [5.41, 5.74) is 18.6. The van der Waals surface area contributed by atoms with Crippen LogP contribution in [0, 0.1) is 0 Å². The summed E-state index contributed by atoms with van der Waals surface area (Å²) in [6.07, 6.45) is 0. The lowest BCUT2D eigenvalue weighted by Crippen LogP contribution is -2.23. The van der Waals surface area contributed by atoms with E-state index in [1.165, 1.54) is 66.4 Å². The zero-order valence-corrected chi connectivity index (χ0v) is 26.4. The Kier molecular flexibility index (Phi) is 4.69. The van der Waals surface area contributed by atoms with Crippen molar-refractivity contribution >= 4 is 49.8 Å². The Morgan fingerprint density at radius 2 is 0.959 bits per heavy atom. The monoisotopic (exact) mass is 621 g/mol. The molecule has 1 atom stereocenters. The van der Waals surface area contributed by atoms with Crippen molar-refractivity contribution in [2.24, 2.45) is 0 Å². The van der Waals surface area contributed by atoms with E-state index < -0.39 is 0 Å². The third kappa shape index (κ3) is 3.04. The van der Waals surface area contributed by atoms with Crippen LogP contribution in [0.25, 0.3) is 66.1 Å². The summed E-state index contributed by atoms with van der Waals surface area (Å²) < 4.78 is 6.28. The van der Waals surface area contributed by atoms with Crippen LogP contribution < -0.4 is 4.90 Å². The van der Waals surface area contributed by atoms with Crippen LogP contribution in [0.5, 0.6) is 0 Å². The summed E-state index contributed by atoms with van der Waals surface area (Å²) in [5.74, 6) is 0. The average molecular weight is 622 g/mol. The quantitative estimate of drug-likeness (QED) is 0.195. The largest absolute Gasteiger partial charge is 0.456 e. The van der Waals surface area contributed by atoms with Crippen molar-refractivity contribution < 1.29 is 4.42 Å². The Morgan fingerprint density at radius 1 is 0.388 bits per heavy atom. The fraction of sp³-hybridized carbons (Fsp3) is 0.0213. The highest BCUT2D eigenvalue weighted by atomic mass is 16.3. The van der Waals surface area contributed by atoms with Crippen LogP contribution in [0.2, 0.25) is 0 Å². The second kappa shape index (κ2) is 8.94. The van der Waals surface area contributed by atoms with Gasteiger partial charge in [-0.05, 0) is 103 Å². The summed E-state index contributed by atoms with van der Waals surface area (Å²) in [5, 5.41) is 4.68. The van der Waals surface area contributed by atoms with Gasteiger partial charge in [0.2, 0.25) is 0 Å². The number of furan rings is 1. The van der Waals surface area contributed by atoms with E-state index in [1.807, 2.05) is 6.07 Å². The fourth-order valence-electron chi connectivity index (χ4n) is 9.56. The summed E-state index contributed by atoms with van der Waals surface area (Å²) in [4.78, 5) is 2.45. The van der Waals surface area contributed by atoms with Gasteiger partial charge in [-0.15, -0.1) is 0 Å². The van der Waals surface area contributed by atoms with Gasteiger partial charge in [0.1, 0.15) is 11.2 Å². The van der Waals surface area contributed by atoms with Crippen molar-refractivity contribution in [2.75, 3.05) is 4.90 Å². The molecule has 0 radical (unpaired) electrons. The molecule has 0 amide bonds. The lowest BCUT2D eigenvalue weighted by molar-refractivity contribution is 0.669. The van der Waals surface area contributed by atoms with E-state index in [-0.39, 0.29) is 5.41 Å². The van der Waals surface area contributed by atoms with Gasteiger partial charge in [0.05, 0.1) is 11.1 Å². The summed E-state index contributed by atoms with van der Waals surface area (Å²) in [6.45, 7) is 0. The second-order valence-electron chi connectivity index (χ2n) is 13.6. The van der Waals surface area contributed by atoms with Gasteiger partial charge in [-0.25, -0.2) is 0 Å². The Bertz CT molecular complexity index is 2870. The molecule has 1 heterocycles. The molecule has 3 aliphatic rings. The summed E-state index contributed by atoms with van der Waals surface area (Å²) >= 11 is 0. The lowest BCUT2D eigenvalue weighted by atomic mass is 9.73. The molecule has 49 heavy (non-hydrogen) atoms. The molecule has 1 unspecified atom stereocenters. The Balaban J connectivity index is 1.17. The highest BCUT2D eigenvalue weighted by Gasteiger charge is 2.57. The minimum Gasteiger partial charge on any atom is -0.456 e. The first kappa shape index (κ1) is 25.7. The van der Waals surface area contributed by atoms with Crippen LogP contribution in [-0.2, 0) is 5.41 Å². The van der Waals surface area contributed by atoms with Gasteiger partial charge in [-0.2, -0.15) is 0 Å². The minimum atomic E-state index is -0.338. The zero-order valence-electron chi connectivity index (χ0n) is 26.4. The topological polar surface area (TPSA) is 16.4 Å². The molecule has 3 aliphatic carbocycles. The fourth-order valence-corrected chi connectivity index (χ4v) is 9.56. The van der Waals surface area contributed by atoms with E-state index in [2.05, 4.69) is 163 Å². The minimum absolute atomic E-state index is 0.338. The first-order chi connectivity index (χ1) is 24.3. The second-order valence-corrected chi connectivity index (χ2v) is 13.6. The molecule has 0 saturated heterocycles. The molecular formula is C47H27NO. The number of hydrogen-bond donors (Lipinski definition) is 0. The van der Waals surface area contributed by atoms with Crippen LogP contribution in [0.15, 0.2) is 168 Å². The zero-order chi connectivity index (χ0) is 31.8. The van der Waals surface area contributed by atoms with Crippen molar-refractivity contribution in [3.05, 3.63) is 186 Å². The number of anilines is 3. The first-order valence-corrected chi connectivity index (χ1v) is 17.0. The predicted octanol–water partition coefficient (Wildman–Crippen LogP) is 12.5. The summed E-state index contributed by atoms with van der Waals surface area (Å²) in [6, 6.07) is 60.4. The highest BCUT2D eigenvalue weighted by molar-refractivity contribution is 6.09. The third-order valence-electron chi connectivity index (χ3n) is 11.4. The average Bonchev–Trinajstić information content (AvgIpc) is 3.87. The van der Waals surface area contributed by atoms with Crippen LogP contribution in [0.4, 0.5) is 17.1 Å². The van der Waals surface area contributed by atoms with Crippen molar-refractivity contribution in [3.63, 3.8) is 0 Å². The van der Waals surface area contributed by atoms with Gasteiger partial charge in [-0.1, -0.05) is 121 Å². The molecule has 0 N–H and O–H groups in total. The van der Waals surface area contributed by atoms with Gasteiger partial charge in [0.15, 0.2) is 0 Å². The van der Waals surface area contributed by atoms with E-state index >= 15 is 0 Å². The van der Waals surface area contributed by atoms with Crippen LogP contribution in [-0.4, -0.2) is 0 Å². The number of rotatable bonds is 3. The molecule has 1 aromatic heterocycles. The van der Waals surface area contributed by atoms with Crippen molar-refractivity contribution in [1.82, 2.24) is 0 Å². The molecule has 8 aromatic carbocycles. The molecule has 1 spiro atoms. The predicted molar refractivity (Wildman–Crippen MR) is 201 cm³/mol. The molecule has 0 fully saturated rings. The van der Waals surface area contributed by atoms with E-state index in [4.69, 9.17) is 4.42 Å². The van der Waals surface area contributed by atoms with E-state index in [0.717, 1.165) is 39.0 Å². The number of benzene rings is 8. The number of fused-ring (bicyclic) bond motifs is 9. The SMILES string of the molecule is c1ccc2c(c1)-c1cccc3c1C21c2cc(N(c4ccc5oc6ccccc6c5c4)c4cccc5ccccc45)ccc2-c2cccc-3c21. The molecule has 12 rings (SSSR count). The van der Waals surface area contributed by atoms with Gasteiger partial charge >= 0.3 is 0 Å². The maximum Gasteiger partial charge on any atom is 0.135 e. The van der Waals surface area contributed by atoms with Gasteiger partial charge in [-0.3, -0.25) is 0 Å². The Labute approximate surface area is 283 Å². The molecule has 0 aliphatic heterocycles. The normalized spacial score (nSPS) is 15.8. The third-order valence-corrected chi connectivity index (χ3v) is 11.4. The van der Waals surface area contributed by atoms with E-state index in [0.29, 0.717) is 0 Å².